The van der Waals surface area contributed by atoms with Crippen LogP contribution in [0.5, 0.6) is 0 Å². The molecule has 0 N–H and O–H groups in total. The van der Waals surface area contributed by atoms with Crippen molar-refractivity contribution in [1.82, 2.24) is 0 Å². The van der Waals surface area contributed by atoms with Gasteiger partial charge in [0.05, 0.1) is 0 Å². The molecule has 4 rings (SSSR count). The second-order valence-electron chi connectivity index (χ2n) is 22.9. The average Bonchev–Trinajstić information content (AvgIpc) is 2.80. The van der Waals surface area contributed by atoms with Crippen molar-refractivity contribution in [1.29, 1.82) is 0 Å². The fourth-order valence-corrected chi connectivity index (χ4v) is 68.5. The Bertz CT molecular complexity index is 1480. The van der Waals surface area contributed by atoms with Crippen LogP contribution >= 0.6 is 0 Å². The zero-order valence-corrected chi connectivity index (χ0v) is 59.4. The average molecular weight is 1160 g/mol. The molecule has 4 aliphatic rings. The van der Waals surface area contributed by atoms with E-state index in [0.29, 0.717) is 0 Å². The van der Waals surface area contributed by atoms with E-state index in [2.05, 4.69) is 0 Å². The Morgan fingerprint density at radius 3 is 0.721 bits per heavy atom. The van der Waals surface area contributed by atoms with Crippen molar-refractivity contribution in [2.45, 2.75) is 157 Å². The number of hydrogen-bond acceptors (Lipinski definition) is 20. The number of rotatable bonds is 17. The van der Waals surface area contributed by atoms with E-state index in [1.165, 1.54) is 0 Å². The lowest BCUT2D eigenvalue weighted by Crippen LogP contribution is -2.89. The van der Waals surface area contributed by atoms with Crippen LogP contribution < -0.4 is 0 Å². The molecule has 4 fully saturated rings. The van der Waals surface area contributed by atoms with Gasteiger partial charge in [-0.15, -0.1) is 0 Å². The van der Waals surface area contributed by atoms with Gasteiger partial charge < -0.3 is 82.3 Å². The highest BCUT2D eigenvalue weighted by molar-refractivity contribution is 7.01. The first-order valence-corrected chi connectivity index (χ1v) is 61.4. The van der Waals surface area contributed by atoms with E-state index >= 15 is 0 Å². The van der Waals surface area contributed by atoms with Gasteiger partial charge in [-0.2, -0.15) is 0 Å². The minimum Gasteiger partial charge on any atom is -0.419 e. The van der Waals surface area contributed by atoms with Crippen LogP contribution in [-0.2, 0) is 82.3 Å². The van der Waals surface area contributed by atoms with Gasteiger partial charge in [-0.1, -0.05) is 0 Å². The van der Waals surface area contributed by atoms with Crippen LogP contribution in [0.4, 0.5) is 0 Å². The molecule has 6 bridgehead atoms. The highest BCUT2D eigenvalue weighted by Gasteiger charge is 2.87. The Morgan fingerprint density at radius 2 is 0.508 bits per heavy atom. The fourth-order valence-electron chi connectivity index (χ4n) is 5.56. The smallest absolute Gasteiger partial charge is 0.419 e. The predicted octanol–water partition coefficient (Wildman–Crippen LogP) is 5.10. The lowest BCUT2D eigenvalue weighted by atomic mass is 11.8. The van der Waals surface area contributed by atoms with Gasteiger partial charge in [0.2, 0.25) is 0 Å². The summed E-state index contributed by atoms with van der Waals surface area (Å²) in [5.74, 6) is 0. The van der Waals surface area contributed by atoms with Crippen molar-refractivity contribution in [3.63, 3.8) is 0 Å². The molecule has 0 saturated carbocycles. The molecule has 37 heteroatoms. The molecule has 0 aromatic heterocycles. The molecule has 4 aliphatic heterocycles. The Kier molecular flexibility index (Phi) is 16.6. The minimum atomic E-state index is -5.03. The summed E-state index contributed by atoms with van der Waals surface area (Å²) < 4.78 is 144. The van der Waals surface area contributed by atoms with E-state index in [9.17, 15) is 0 Å². The van der Waals surface area contributed by atoms with E-state index in [1.807, 2.05) is 157 Å². The van der Waals surface area contributed by atoms with E-state index in [4.69, 9.17) is 82.3 Å². The fraction of sp³-hybridized carbons (Fsp3) is 1.00. The van der Waals surface area contributed by atoms with Gasteiger partial charge in [0.25, 0.3) is 0 Å². The monoisotopic (exact) mass is 1160 g/mol. The molecule has 0 spiro atoms. The zero-order valence-electron chi connectivity index (χ0n) is 41.2. The SMILES string of the molecule is C[Si](C)(C)O[SiH]1O[Si]2(O[Si](C)(C)C)O[Si]3(O[Si](C)(C)C)O[Si](O[SiH3])(O[Si](C)(C)C)O[Si]4(O[Si](C)(C)C)O[Si](O[Si](C)(C)C)(O1)O[Si](O[Si](C)(C)C)(O2)O[Si](O[Si](C)(C)C)(O3)O4. The summed E-state index contributed by atoms with van der Waals surface area (Å²) in [6.45, 7) is 47.3. The quantitative estimate of drug-likeness (QED) is 0.175. The summed E-state index contributed by atoms with van der Waals surface area (Å²) in [6.07, 6.45) is 0. The Labute approximate surface area is 386 Å². The van der Waals surface area contributed by atoms with Crippen molar-refractivity contribution < 1.29 is 82.3 Å². The third-order valence-electron chi connectivity index (χ3n) is 6.45. The molecule has 0 amide bonds. The molecule has 0 aromatic rings. The van der Waals surface area contributed by atoms with Crippen molar-refractivity contribution in [2.24, 2.45) is 0 Å². The van der Waals surface area contributed by atoms with E-state index < -0.39 is 139 Å². The summed E-state index contributed by atoms with van der Waals surface area (Å²) >= 11 is 0. The van der Waals surface area contributed by atoms with E-state index in [0.717, 1.165) is 0 Å². The Hall–Kier alpha value is 2.89. The third-order valence-corrected chi connectivity index (χ3v) is 58.0. The molecule has 360 valence electrons. The second kappa shape index (κ2) is 17.9. The molecule has 0 aromatic carbocycles. The van der Waals surface area contributed by atoms with Crippen LogP contribution in [0.1, 0.15) is 0 Å². The van der Waals surface area contributed by atoms with Crippen molar-refractivity contribution in [2.75, 3.05) is 0 Å². The van der Waals surface area contributed by atoms with E-state index in [-0.39, 0.29) is 10.5 Å². The highest BCUT2D eigenvalue weighted by atomic mass is 28.7. The van der Waals surface area contributed by atoms with Crippen molar-refractivity contribution >= 4 is 150 Å². The van der Waals surface area contributed by atoms with Gasteiger partial charge in [0.15, 0.2) is 66.5 Å². The number of hydrogen-bond donors (Lipinski definition) is 0. The summed E-state index contributed by atoms with van der Waals surface area (Å²) in [5.41, 5.74) is 0. The second-order valence-corrected chi connectivity index (χ2v) is 81.8. The molecule has 4 heterocycles. The maximum atomic E-state index is 7.40. The zero-order chi connectivity index (χ0) is 47.2. The minimum absolute atomic E-state index is 0.0405. The lowest BCUT2D eigenvalue weighted by Gasteiger charge is -2.57. The molecule has 0 aliphatic carbocycles. The first-order valence-electron chi connectivity index (χ1n) is 20.5. The maximum Gasteiger partial charge on any atom is 0.651 e. The summed E-state index contributed by atoms with van der Waals surface area (Å²) in [7, 11) is -60.4. The largest absolute Gasteiger partial charge is 0.651 e. The van der Waals surface area contributed by atoms with Crippen molar-refractivity contribution in [3.8, 4) is 0 Å². The normalized spacial score (nSPS) is 37.5. The van der Waals surface area contributed by atoms with Gasteiger partial charge in [-0.3, -0.25) is 0 Å². The van der Waals surface area contributed by atoms with Crippen LogP contribution in [-0.4, -0.2) is 150 Å². The molecular formula is C24H76O20Si17. The van der Waals surface area contributed by atoms with Gasteiger partial charge >= 0.3 is 72.9 Å². The summed E-state index contributed by atoms with van der Waals surface area (Å²) in [4.78, 5) is 0. The van der Waals surface area contributed by atoms with E-state index in [1.54, 1.807) is 0 Å². The predicted molar refractivity (Wildman–Crippen MR) is 266 cm³/mol. The van der Waals surface area contributed by atoms with Crippen molar-refractivity contribution in [3.05, 3.63) is 0 Å². The topological polar surface area (TPSA) is 185 Å². The van der Waals surface area contributed by atoms with Gasteiger partial charge in [-0.25, -0.2) is 0 Å². The highest BCUT2D eigenvalue weighted by Crippen LogP contribution is 2.49. The molecule has 0 radical (unpaired) electrons. The van der Waals surface area contributed by atoms with Crippen LogP contribution in [0.15, 0.2) is 0 Å². The first kappa shape index (κ1) is 56.5. The first-order chi connectivity index (χ1) is 26.7. The van der Waals surface area contributed by atoms with Gasteiger partial charge in [0, 0.05) is 0 Å². The molecule has 61 heavy (non-hydrogen) atoms. The Balaban J connectivity index is 2.38. The number of fused-ring (bicyclic) bond motifs is 4. The summed E-state index contributed by atoms with van der Waals surface area (Å²) in [5, 5.41) is 0. The Morgan fingerprint density at radius 1 is 0.295 bits per heavy atom. The molecule has 4 atom stereocenters. The maximum absolute atomic E-state index is 7.40. The van der Waals surface area contributed by atoms with Crippen LogP contribution in [0, 0.1) is 0 Å². The van der Waals surface area contributed by atoms with Crippen LogP contribution in [0.3, 0.4) is 0 Å². The molecule has 4 unspecified atom stereocenters. The molecule has 20 nitrogen and oxygen atoms in total. The molecule has 4 saturated heterocycles. The van der Waals surface area contributed by atoms with Crippen LogP contribution in [0.25, 0.3) is 0 Å². The third kappa shape index (κ3) is 17.1. The lowest BCUT2D eigenvalue weighted by molar-refractivity contribution is -0.0989. The summed E-state index contributed by atoms with van der Waals surface area (Å²) in [6, 6.07) is 0. The van der Waals surface area contributed by atoms with Gasteiger partial charge in [0.1, 0.15) is 10.5 Å². The molecular weight excluding hydrogens is 1090 g/mol. The van der Waals surface area contributed by atoms with Gasteiger partial charge in [-0.05, 0) is 157 Å². The van der Waals surface area contributed by atoms with Crippen LogP contribution in [0.2, 0.25) is 157 Å². The standard InChI is InChI=1S/C24H76O20Si17/c1-47(2,3)26-46-27-56(30-49(7,8)9)38-58(32-51(13,14)15)36-55(25-45,29-48(4,5)6)37-59(33-52(16,17)18)39-57(28-46,31-50(10,11)12)41-60(40-56,34-53(19,20)21)44-61(42-58,43-59)35-54(22,23)24/h46H,1-24,45H3.